The minimum Gasteiger partial charge on any atom is -0.477 e. The Bertz CT molecular complexity index is 331. The standard InChI is InChI=1S/C10H13BrN2O.ClH/c1-7-2-9(11)5-13-10(7)14-6-8-3-12-4-8;/h2,5,8,12H,3-4,6H2,1H3;1H. The molecule has 0 unspecified atom stereocenters. The Kier molecular flexibility index (Phi) is 4.83. The molecule has 0 saturated carbocycles. The van der Waals surface area contributed by atoms with E-state index in [1.54, 1.807) is 6.20 Å². The van der Waals surface area contributed by atoms with E-state index in [4.69, 9.17) is 4.74 Å². The van der Waals surface area contributed by atoms with Gasteiger partial charge in [-0.2, -0.15) is 0 Å². The lowest BCUT2D eigenvalue weighted by Gasteiger charge is -2.26. The molecular formula is C10H14BrClN2O. The molecule has 2 heterocycles. The van der Waals surface area contributed by atoms with Crippen LogP contribution in [0.25, 0.3) is 0 Å². The molecular weight excluding hydrogens is 279 g/mol. The van der Waals surface area contributed by atoms with E-state index in [9.17, 15) is 0 Å². The summed E-state index contributed by atoms with van der Waals surface area (Å²) in [4.78, 5) is 4.22. The van der Waals surface area contributed by atoms with Crippen molar-refractivity contribution >= 4 is 28.3 Å². The number of hydrogen-bond donors (Lipinski definition) is 1. The number of nitrogens with zero attached hydrogens (tertiary/aromatic N) is 1. The van der Waals surface area contributed by atoms with Crippen molar-refractivity contribution in [3.05, 3.63) is 22.3 Å². The van der Waals surface area contributed by atoms with Crippen molar-refractivity contribution in [1.82, 2.24) is 10.3 Å². The Labute approximate surface area is 104 Å². The van der Waals surface area contributed by atoms with E-state index in [2.05, 4.69) is 26.2 Å². The highest BCUT2D eigenvalue weighted by Crippen LogP contribution is 2.19. The summed E-state index contributed by atoms with van der Waals surface area (Å²) in [7, 11) is 0. The fourth-order valence-corrected chi connectivity index (χ4v) is 1.79. The van der Waals surface area contributed by atoms with Gasteiger partial charge in [-0.05, 0) is 28.9 Å². The third kappa shape index (κ3) is 3.33. The van der Waals surface area contributed by atoms with Crippen LogP contribution in [0.4, 0.5) is 0 Å². The molecule has 1 N–H and O–H groups in total. The summed E-state index contributed by atoms with van der Waals surface area (Å²) in [5, 5.41) is 3.21. The number of ether oxygens (including phenoxy) is 1. The smallest absolute Gasteiger partial charge is 0.216 e. The molecule has 0 atom stereocenters. The number of halogens is 2. The molecule has 1 fully saturated rings. The van der Waals surface area contributed by atoms with Crippen LogP contribution in [0, 0.1) is 12.8 Å². The van der Waals surface area contributed by atoms with Crippen LogP contribution in [0.15, 0.2) is 16.7 Å². The fourth-order valence-electron chi connectivity index (χ4n) is 1.34. The summed E-state index contributed by atoms with van der Waals surface area (Å²) in [6.07, 6.45) is 1.77. The summed E-state index contributed by atoms with van der Waals surface area (Å²) >= 11 is 3.37. The first-order valence-corrected chi connectivity index (χ1v) is 5.50. The van der Waals surface area contributed by atoms with Gasteiger partial charge < -0.3 is 10.1 Å². The van der Waals surface area contributed by atoms with Crippen LogP contribution in [0.2, 0.25) is 0 Å². The third-order valence-corrected chi connectivity index (χ3v) is 2.75. The molecule has 5 heteroatoms. The average Bonchev–Trinajstić information content (AvgIpc) is 2.05. The largest absolute Gasteiger partial charge is 0.477 e. The van der Waals surface area contributed by atoms with Crippen LogP contribution in [0.5, 0.6) is 5.88 Å². The van der Waals surface area contributed by atoms with Crippen LogP contribution in [-0.2, 0) is 0 Å². The highest BCUT2D eigenvalue weighted by atomic mass is 79.9. The van der Waals surface area contributed by atoms with Crippen LogP contribution in [0.1, 0.15) is 5.56 Å². The number of rotatable bonds is 3. The maximum Gasteiger partial charge on any atom is 0.216 e. The first-order chi connectivity index (χ1) is 6.75. The lowest BCUT2D eigenvalue weighted by Crippen LogP contribution is -2.45. The van der Waals surface area contributed by atoms with Gasteiger partial charge in [-0.3, -0.25) is 0 Å². The van der Waals surface area contributed by atoms with Crippen molar-refractivity contribution < 1.29 is 4.74 Å². The van der Waals surface area contributed by atoms with E-state index >= 15 is 0 Å². The van der Waals surface area contributed by atoms with Gasteiger partial charge >= 0.3 is 0 Å². The predicted molar refractivity (Wildman–Crippen MR) is 65.8 cm³/mol. The Morgan fingerprint density at radius 3 is 2.87 bits per heavy atom. The average molecular weight is 294 g/mol. The van der Waals surface area contributed by atoms with E-state index < -0.39 is 0 Å². The predicted octanol–water partition coefficient (Wildman–Crippen LogP) is 2.17. The van der Waals surface area contributed by atoms with Crippen LogP contribution in [0.3, 0.4) is 0 Å². The number of pyridine rings is 1. The monoisotopic (exact) mass is 292 g/mol. The zero-order valence-electron chi connectivity index (χ0n) is 8.50. The van der Waals surface area contributed by atoms with Gasteiger partial charge in [0, 0.05) is 35.2 Å². The highest BCUT2D eigenvalue weighted by Gasteiger charge is 2.17. The molecule has 0 bridgehead atoms. The molecule has 1 aliphatic rings. The molecule has 3 nitrogen and oxygen atoms in total. The number of aryl methyl sites for hydroxylation is 1. The lowest BCUT2D eigenvalue weighted by atomic mass is 10.1. The van der Waals surface area contributed by atoms with Crippen molar-refractivity contribution in [1.29, 1.82) is 0 Å². The normalized spacial score (nSPS) is 15.3. The van der Waals surface area contributed by atoms with Gasteiger partial charge in [0.15, 0.2) is 0 Å². The van der Waals surface area contributed by atoms with Gasteiger partial charge in [-0.1, -0.05) is 0 Å². The zero-order valence-corrected chi connectivity index (χ0v) is 10.9. The van der Waals surface area contributed by atoms with E-state index in [0.29, 0.717) is 5.92 Å². The molecule has 15 heavy (non-hydrogen) atoms. The van der Waals surface area contributed by atoms with Crippen molar-refractivity contribution in [3.63, 3.8) is 0 Å². The van der Waals surface area contributed by atoms with Crippen molar-refractivity contribution in [2.75, 3.05) is 19.7 Å². The number of aromatic nitrogens is 1. The maximum atomic E-state index is 5.62. The first-order valence-electron chi connectivity index (χ1n) is 4.71. The van der Waals surface area contributed by atoms with Gasteiger partial charge in [0.1, 0.15) is 0 Å². The van der Waals surface area contributed by atoms with Gasteiger partial charge in [0.05, 0.1) is 6.61 Å². The molecule has 1 aromatic heterocycles. The Hall–Kier alpha value is -0.320. The molecule has 1 saturated heterocycles. The number of nitrogens with one attached hydrogen (secondary N) is 1. The van der Waals surface area contributed by atoms with E-state index in [1.807, 2.05) is 13.0 Å². The maximum absolute atomic E-state index is 5.62. The first kappa shape index (κ1) is 12.7. The summed E-state index contributed by atoms with van der Waals surface area (Å²) in [6.45, 7) is 4.90. The van der Waals surface area contributed by atoms with Crippen LogP contribution >= 0.6 is 28.3 Å². The second-order valence-corrected chi connectivity index (χ2v) is 4.53. The minimum atomic E-state index is 0. The lowest BCUT2D eigenvalue weighted by molar-refractivity contribution is 0.192. The van der Waals surface area contributed by atoms with Crippen LogP contribution < -0.4 is 10.1 Å². The van der Waals surface area contributed by atoms with Crippen molar-refractivity contribution in [2.24, 2.45) is 5.92 Å². The second-order valence-electron chi connectivity index (χ2n) is 3.61. The van der Waals surface area contributed by atoms with E-state index in [-0.39, 0.29) is 12.4 Å². The van der Waals surface area contributed by atoms with Gasteiger partial charge in [-0.15, -0.1) is 12.4 Å². The topological polar surface area (TPSA) is 34.1 Å². The Balaban J connectivity index is 0.00000112. The molecule has 0 amide bonds. The van der Waals surface area contributed by atoms with E-state index in [0.717, 1.165) is 35.6 Å². The zero-order chi connectivity index (χ0) is 9.97. The van der Waals surface area contributed by atoms with Gasteiger partial charge in [0.25, 0.3) is 0 Å². The summed E-state index contributed by atoms with van der Waals surface area (Å²) < 4.78 is 6.62. The molecule has 0 spiro atoms. The summed E-state index contributed by atoms with van der Waals surface area (Å²) in [6, 6.07) is 2.02. The summed E-state index contributed by atoms with van der Waals surface area (Å²) in [5.74, 6) is 1.40. The Morgan fingerprint density at radius 2 is 2.33 bits per heavy atom. The third-order valence-electron chi connectivity index (χ3n) is 2.32. The minimum absolute atomic E-state index is 0. The van der Waals surface area contributed by atoms with Gasteiger partial charge in [0.2, 0.25) is 5.88 Å². The van der Waals surface area contributed by atoms with Crippen LogP contribution in [-0.4, -0.2) is 24.7 Å². The summed E-state index contributed by atoms with van der Waals surface area (Å²) in [5.41, 5.74) is 1.08. The highest BCUT2D eigenvalue weighted by molar-refractivity contribution is 9.10. The second kappa shape index (κ2) is 5.68. The molecule has 0 aromatic carbocycles. The molecule has 1 aliphatic heterocycles. The number of hydrogen-bond acceptors (Lipinski definition) is 3. The molecule has 2 rings (SSSR count). The Morgan fingerprint density at radius 1 is 1.60 bits per heavy atom. The molecule has 0 aliphatic carbocycles. The fraction of sp³-hybridized carbons (Fsp3) is 0.500. The van der Waals surface area contributed by atoms with E-state index in [1.165, 1.54) is 0 Å². The van der Waals surface area contributed by atoms with Crippen molar-refractivity contribution in [3.8, 4) is 5.88 Å². The molecule has 1 aromatic rings. The van der Waals surface area contributed by atoms with Gasteiger partial charge in [-0.25, -0.2) is 4.98 Å². The molecule has 0 radical (unpaired) electrons. The van der Waals surface area contributed by atoms with Crippen molar-refractivity contribution in [2.45, 2.75) is 6.92 Å². The molecule has 84 valence electrons. The quantitative estimate of drug-likeness (QED) is 0.927. The SMILES string of the molecule is Cc1cc(Br)cnc1OCC1CNC1.Cl.